The molecule has 0 fully saturated rings. The fraction of sp³-hybridized carbons (Fsp3) is 0.133. The van der Waals surface area contributed by atoms with Crippen molar-refractivity contribution in [1.82, 2.24) is 0 Å². The van der Waals surface area contributed by atoms with E-state index in [4.69, 9.17) is 5.26 Å². The zero-order valence-corrected chi connectivity index (χ0v) is 16.0. The van der Waals surface area contributed by atoms with Gasteiger partial charge in [0.15, 0.2) is 0 Å². The molecular formula is C15H14GeN2O6S. The second-order valence-corrected chi connectivity index (χ2v) is 7.78. The van der Waals surface area contributed by atoms with Gasteiger partial charge in [0.25, 0.3) is 0 Å². The zero-order chi connectivity index (χ0) is 18.2. The predicted molar refractivity (Wildman–Crippen MR) is 93.9 cm³/mol. The van der Waals surface area contributed by atoms with Crippen LogP contribution in [0.1, 0.15) is 0 Å². The minimum atomic E-state index is -1.05. The molecule has 2 rings (SSSR count). The molecule has 0 saturated carbocycles. The van der Waals surface area contributed by atoms with Crippen LogP contribution < -0.4 is 9.30 Å². The number of amides is 1. The van der Waals surface area contributed by atoms with Crippen LogP contribution in [0.25, 0.3) is 0 Å². The van der Waals surface area contributed by atoms with Crippen molar-refractivity contribution in [3.8, 4) is 0 Å². The summed E-state index contributed by atoms with van der Waals surface area (Å²) in [5.74, 6) is -0.0970. The van der Waals surface area contributed by atoms with E-state index in [0.717, 1.165) is 16.2 Å². The predicted octanol–water partition coefficient (Wildman–Crippen LogP) is 2.02. The quantitative estimate of drug-likeness (QED) is 0.228. The van der Waals surface area contributed by atoms with E-state index in [0.29, 0.717) is 10.6 Å². The van der Waals surface area contributed by atoms with Gasteiger partial charge in [-0.05, 0) is 0 Å². The van der Waals surface area contributed by atoms with Gasteiger partial charge in [-0.3, -0.25) is 0 Å². The molecule has 25 heavy (non-hydrogen) atoms. The van der Waals surface area contributed by atoms with E-state index in [1.54, 1.807) is 49.5 Å². The summed E-state index contributed by atoms with van der Waals surface area (Å²) in [4.78, 5) is 24.8. The molecule has 2 radical (unpaired) electrons. The second kappa shape index (κ2) is 9.54. The van der Waals surface area contributed by atoms with E-state index in [9.17, 15) is 14.9 Å². The number of carbonyl (C=O) groups excluding carboxylic acids is 1. The Balaban J connectivity index is 1.97. The number of nitrogens with zero attached hydrogens (tertiary/aromatic N) is 2. The Morgan fingerprint density at radius 2 is 1.96 bits per heavy atom. The van der Waals surface area contributed by atoms with E-state index in [1.165, 1.54) is 11.0 Å². The number of nitro groups is 1. The van der Waals surface area contributed by atoms with Gasteiger partial charge in [0, 0.05) is 0 Å². The third-order valence-electron chi connectivity index (χ3n) is 3.24. The first-order chi connectivity index (χ1) is 12.0. The van der Waals surface area contributed by atoms with Crippen LogP contribution in [0.3, 0.4) is 0 Å². The minimum absolute atomic E-state index is 0.0112. The van der Waals surface area contributed by atoms with E-state index in [1.807, 2.05) is 0 Å². The number of benzene rings is 2. The fourth-order valence-corrected chi connectivity index (χ4v) is 3.78. The van der Waals surface area contributed by atoms with Crippen LogP contribution in [0.2, 0.25) is 0 Å². The third-order valence-corrected chi connectivity index (χ3v) is 5.81. The molecule has 0 bridgehead atoms. The summed E-state index contributed by atoms with van der Waals surface area (Å²) in [6.07, 6.45) is 0. The topological polar surface area (TPSA) is 102 Å². The maximum absolute atomic E-state index is 12.3. The first kappa shape index (κ1) is 19.4. The summed E-state index contributed by atoms with van der Waals surface area (Å²) in [5.41, 5.74) is 0.677. The summed E-state index contributed by atoms with van der Waals surface area (Å²) in [6.45, 7) is 0. The molecule has 2 aromatic rings. The van der Waals surface area contributed by atoms with Gasteiger partial charge in [0.1, 0.15) is 0 Å². The molecule has 0 unspecified atom stereocenters. The molecule has 0 aliphatic heterocycles. The standard InChI is InChI=1S/C15H14GeN2O6S/c1-17(12-8-6-11(7-9-12)16-23-24-22)15(19)10-25-14-5-3-2-4-13(14)18(20)21/h2-9,22H,10H2,1H3. The van der Waals surface area contributed by atoms with Crippen molar-refractivity contribution in [1.29, 1.82) is 0 Å². The van der Waals surface area contributed by atoms with Gasteiger partial charge in [0.05, 0.1) is 0 Å². The van der Waals surface area contributed by atoms with Crippen molar-refractivity contribution < 1.29 is 23.9 Å². The average Bonchev–Trinajstić information content (AvgIpc) is 2.64. The average molecular weight is 423 g/mol. The van der Waals surface area contributed by atoms with Crippen LogP contribution in [0, 0.1) is 10.1 Å². The monoisotopic (exact) mass is 424 g/mol. The van der Waals surface area contributed by atoms with Crippen molar-refractivity contribution in [2.24, 2.45) is 0 Å². The van der Waals surface area contributed by atoms with Gasteiger partial charge in [0.2, 0.25) is 0 Å². The Hall–Kier alpha value is -1.92. The van der Waals surface area contributed by atoms with Gasteiger partial charge < -0.3 is 0 Å². The molecule has 0 heterocycles. The SMILES string of the molecule is CN(C(=O)CSc1ccccc1[N+](=O)[O-])c1cc[c]([Ge][O]OO)cc1. The normalized spacial score (nSPS) is 10.5. The number of rotatable bonds is 8. The van der Waals surface area contributed by atoms with Gasteiger partial charge in [-0.15, -0.1) is 0 Å². The molecule has 130 valence electrons. The molecule has 0 atom stereocenters. The van der Waals surface area contributed by atoms with Crippen molar-refractivity contribution in [2.75, 3.05) is 17.7 Å². The summed E-state index contributed by atoms with van der Waals surface area (Å²) in [5, 5.41) is 22.8. The van der Waals surface area contributed by atoms with Gasteiger partial charge in [-0.1, -0.05) is 0 Å². The molecule has 1 amide bonds. The molecule has 0 aromatic heterocycles. The molecule has 2 aromatic carbocycles. The zero-order valence-electron chi connectivity index (χ0n) is 13.1. The Labute approximate surface area is 154 Å². The number of hydrogen-bond donors (Lipinski definition) is 1. The summed E-state index contributed by atoms with van der Waals surface area (Å²) in [6, 6.07) is 13.4. The Morgan fingerprint density at radius 3 is 2.60 bits per heavy atom. The molecule has 1 N–H and O–H groups in total. The number of hydrogen-bond acceptors (Lipinski definition) is 7. The van der Waals surface area contributed by atoms with Gasteiger partial charge in [-0.25, -0.2) is 0 Å². The molecule has 0 aliphatic carbocycles. The van der Waals surface area contributed by atoms with Crippen molar-refractivity contribution in [2.45, 2.75) is 4.90 Å². The summed E-state index contributed by atoms with van der Waals surface area (Å²) in [7, 11) is 1.64. The Bertz CT molecular complexity index is 743. The number of anilines is 1. The summed E-state index contributed by atoms with van der Waals surface area (Å²) < 4.78 is 5.41. The van der Waals surface area contributed by atoms with Crippen molar-refractivity contribution in [3.05, 3.63) is 58.6 Å². The number of nitro benzene ring substituents is 1. The van der Waals surface area contributed by atoms with Crippen LogP contribution >= 0.6 is 11.8 Å². The number of para-hydroxylation sites is 1. The van der Waals surface area contributed by atoms with Crippen LogP contribution in [0.5, 0.6) is 0 Å². The van der Waals surface area contributed by atoms with E-state index < -0.39 is 20.7 Å². The van der Waals surface area contributed by atoms with Crippen molar-refractivity contribution >= 4 is 49.2 Å². The fourth-order valence-electron chi connectivity index (χ4n) is 1.93. The molecular weight excluding hydrogens is 409 g/mol. The molecule has 10 heteroatoms. The summed E-state index contributed by atoms with van der Waals surface area (Å²) >= 11 is 0.0821. The first-order valence-electron chi connectivity index (χ1n) is 6.99. The molecule has 8 nitrogen and oxygen atoms in total. The molecule has 0 saturated heterocycles. The van der Waals surface area contributed by atoms with E-state index in [-0.39, 0.29) is 17.3 Å². The first-order valence-corrected chi connectivity index (χ1v) is 9.88. The Morgan fingerprint density at radius 1 is 1.28 bits per heavy atom. The Kier molecular flexibility index (Phi) is 7.40. The molecule has 0 aliphatic rings. The van der Waals surface area contributed by atoms with Crippen LogP contribution in [0.15, 0.2) is 53.4 Å². The molecule has 0 spiro atoms. The van der Waals surface area contributed by atoms with Gasteiger partial charge in [-0.2, -0.15) is 0 Å². The number of thioether (sulfide) groups is 1. The van der Waals surface area contributed by atoms with E-state index >= 15 is 0 Å². The van der Waals surface area contributed by atoms with E-state index in [2.05, 4.69) is 8.95 Å². The van der Waals surface area contributed by atoms with Crippen LogP contribution in [-0.4, -0.2) is 44.7 Å². The third kappa shape index (κ3) is 5.54. The second-order valence-electron chi connectivity index (χ2n) is 4.77. The van der Waals surface area contributed by atoms with Crippen LogP contribution in [0.4, 0.5) is 11.4 Å². The number of carbonyl (C=O) groups is 1. The van der Waals surface area contributed by atoms with Crippen molar-refractivity contribution in [3.63, 3.8) is 0 Å². The van der Waals surface area contributed by atoms with Gasteiger partial charge >= 0.3 is 154 Å². The maximum atomic E-state index is 12.3. The van der Waals surface area contributed by atoms with Crippen LogP contribution in [-0.2, 0) is 13.7 Å².